The second kappa shape index (κ2) is 6.76. The third-order valence-corrected chi connectivity index (χ3v) is 3.96. The normalized spacial score (nSPS) is 13.5. The summed E-state index contributed by atoms with van der Waals surface area (Å²) in [5.74, 6) is -0.683. The molecular weight excluding hydrogens is 307 g/mol. The smallest absolute Gasteiger partial charge is 0.253 e. The third-order valence-electron chi connectivity index (χ3n) is 3.96. The largest absolute Gasteiger partial charge is 0.386 e. The molecule has 2 unspecified atom stereocenters. The van der Waals surface area contributed by atoms with Gasteiger partial charge in [-0.25, -0.2) is 4.39 Å². The van der Waals surface area contributed by atoms with Crippen LogP contribution in [-0.4, -0.2) is 22.0 Å². The van der Waals surface area contributed by atoms with E-state index in [2.05, 4.69) is 10.3 Å². The molecule has 0 fully saturated rings. The number of hydrogen-bond donors (Lipinski definition) is 2. The predicted molar refractivity (Wildman–Crippen MR) is 90.0 cm³/mol. The maximum Gasteiger partial charge on any atom is 0.253 e. The molecule has 2 aromatic carbocycles. The molecule has 0 saturated heterocycles. The van der Waals surface area contributed by atoms with Crippen LogP contribution in [0.4, 0.5) is 4.39 Å². The van der Waals surface area contributed by atoms with E-state index in [9.17, 15) is 14.3 Å². The topological polar surface area (TPSA) is 62.2 Å². The summed E-state index contributed by atoms with van der Waals surface area (Å²) in [5.41, 5.74) is 0.992. The number of rotatable bonds is 4. The van der Waals surface area contributed by atoms with Gasteiger partial charge in [-0.05, 0) is 30.0 Å². The Hall–Kier alpha value is -2.79. The summed E-state index contributed by atoms with van der Waals surface area (Å²) < 4.78 is 13.0. The Morgan fingerprint density at radius 2 is 1.83 bits per heavy atom. The first-order chi connectivity index (χ1) is 11.6. The quantitative estimate of drug-likeness (QED) is 0.774. The number of aliphatic hydroxyl groups excluding tert-OH is 1. The molecule has 2 atom stereocenters. The standard InChI is InChI=1S/C19H17FN2O2/c1-12(18(23)13-6-8-15(20)9-7-13)22-19(24)17-11-21-10-14-4-2-3-5-16(14)17/h2-12,18,23H,1H3,(H,22,24). The van der Waals surface area contributed by atoms with Crippen LogP contribution in [-0.2, 0) is 0 Å². The van der Waals surface area contributed by atoms with Gasteiger partial charge in [0.25, 0.3) is 5.91 Å². The average Bonchev–Trinajstić information content (AvgIpc) is 2.61. The molecule has 0 saturated carbocycles. The highest BCUT2D eigenvalue weighted by Crippen LogP contribution is 2.20. The minimum atomic E-state index is -0.933. The number of halogens is 1. The van der Waals surface area contributed by atoms with Gasteiger partial charge in [-0.2, -0.15) is 0 Å². The number of nitrogens with zero attached hydrogens (tertiary/aromatic N) is 1. The van der Waals surface area contributed by atoms with Crippen molar-refractivity contribution in [2.45, 2.75) is 19.1 Å². The van der Waals surface area contributed by atoms with Gasteiger partial charge in [-0.1, -0.05) is 36.4 Å². The van der Waals surface area contributed by atoms with Gasteiger partial charge in [-0.3, -0.25) is 9.78 Å². The maximum absolute atomic E-state index is 13.0. The summed E-state index contributed by atoms with van der Waals surface area (Å²) in [4.78, 5) is 16.6. The van der Waals surface area contributed by atoms with Crippen LogP contribution in [0.15, 0.2) is 60.9 Å². The molecule has 0 radical (unpaired) electrons. The molecule has 0 bridgehead atoms. The van der Waals surface area contributed by atoms with E-state index in [-0.39, 0.29) is 11.7 Å². The Morgan fingerprint density at radius 1 is 1.12 bits per heavy atom. The number of aromatic nitrogens is 1. The zero-order valence-electron chi connectivity index (χ0n) is 13.1. The van der Waals surface area contributed by atoms with E-state index in [0.29, 0.717) is 11.1 Å². The Bertz CT molecular complexity index is 859. The number of benzene rings is 2. The number of aliphatic hydroxyl groups is 1. The molecule has 4 nitrogen and oxygen atoms in total. The number of fused-ring (bicyclic) bond motifs is 1. The van der Waals surface area contributed by atoms with E-state index in [1.54, 1.807) is 13.1 Å². The molecule has 3 rings (SSSR count). The fraction of sp³-hybridized carbons (Fsp3) is 0.158. The number of carbonyl (C=O) groups excluding carboxylic acids is 1. The molecule has 122 valence electrons. The maximum atomic E-state index is 13.0. The fourth-order valence-corrected chi connectivity index (χ4v) is 2.61. The van der Waals surface area contributed by atoms with Crippen molar-refractivity contribution in [1.82, 2.24) is 10.3 Å². The van der Waals surface area contributed by atoms with Crippen molar-refractivity contribution in [1.29, 1.82) is 0 Å². The lowest BCUT2D eigenvalue weighted by atomic mass is 10.0. The highest BCUT2D eigenvalue weighted by molar-refractivity contribution is 6.06. The van der Waals surface area contributed by atoms with Gasteiger partial charge in [0.2, 0.25) is 0 Å². The van der Waals surface area contributed by atoms with Gasteiger partial charge in [0, 0.05) is 17.8 Å². The zero-order valence-corrected chi connectivity index (χ0v) is 13.1. The number of pyridine rings is 1. The summed E-state index contributed by atoms with van der Waals surface area (Å²) in [7, 11) is 0. The first-order valence-corrected chi connectivity index (χ1v) is 7.63. The molecule has 1 heterocycles. The van der Waals surface area contributed by atoms with Gasteiger partial charge in [0.15, 0.2) is 0 Å². The molecule has 2 N–H and O–H groups in total. The van der Waals surface area contributed by atoms with Crippen molar-refractivity contribution in [3.05, 3.63) is 77.9 Å². The van der Waals surface area contributed by atoms with Crippen LogP contribution in [0.25, 0.3) is 10.8 Å². The fourth-order valence-electron chi connectivity index (χ4n) is 2.61. The van der Waals surface area contributed by atoms with Crippen LogP contribution in [0.3, 0.4) is 0 Å². The van der Waals surface area contributed by atoms with Crippen molar-refractivity contribution < 1.29 is 14.3 Å². The highest BCUT2D eigenvalue weighted by atomic mass is 19.1. The van der Waals surface area contributed by atoms with E-state index in [0.717, 1.165) is 10.8 Å². The van der Waals surface area contributed by atoms with Crippen LogP contribution < -0.4 is 5.32 Å². The molecule has 5 heteroatoms. The Kier molecular flexibility index (Phi) is 4.53. The number of amides is 1. The number of hydrogen-bond acceptors (Lipinski definition) is 3. The van der Waals surface area contributed by atoms with Gasteiger partial charge in [0.1, 0.15) is 5.82 Å². The van der Waals surface area contributed by atoms with Crippen LogP contribution in [0, 0.1) is 5.82 Å². The highest BCUT2D eigenvalue weighted by Gasteiger charge is 2.20. The minimum Gasteiger partial charge on any atom is -0.386 e. The van der Waals surface area contributed by atoms with E-state index >= 15 is 0 Å². The zero-order chi connectivity index (χ0) is 17.1. The Labute approximate surface area is 139 Å². The van der Waals surface area contributed by atoms with Crippen LogP contribution in [0.5, 0.6) is 0 Å². The van der Waals surface area contributed by atoms with Crippen LogP contribution >= 0.6 is 0 Å². The van der Waals surface area contributed by atoms with Crippen LogP contribution in [0.1, 0.15) is 28.9 Å². The number of nitrogens with one attached hydrogen (secondary N) is 1. The monoisotopic (exact) mass is 324 g/mol. The van der Waals surface area contributed by atoms with Gasteiger partial charge in [-0.15, -0.1) is 0 Å². The van der Waals surface area contributed by atoms with Crippen molar-refractivity contribution in [2.75, 3.05) is 0 Å². The summed E-state index contributed by atoms with van der Waals surface area (Å²) >= 11 is 0. The lowest BCUT2D eigenvalue weighted by Crippen LogP contribution is -2.37. The first-order valence-electron chi connectivity index (χ1n) is 7.63. The van der Waals surface area contributed by atoms with E-state index in [1.165, 1.54) is 30.5 Å². The molecule has 0 aliphatic heterocycles. The minimum absolute atomic E-state index is 0.312. The van der Waals surface area contributed by atoms with Crippen molar-refractivity contribution in [3.8, 4) is 0 Å². The molecule has 0 spiro atoms. The molecule has 24 heavy (non-hydrogen) atoms. The van der Waals surface area contributed by atoms with Crippen LogP contribution in [0.2, 0.25) is 0 Å². The van der Waals surface area contributed by atoms with Crippen molar-refractivity contribution in [3.63, 3.8) is 0 Å². The second-order valence-electron chi connectivity index (χ2n) is 5.67. The third kappa shape index (κ3) is 3.26. The van der Waals surface area contributed by atoms with E-state index in [4.69, 9.17) is 0 Å². The summed E-state index contributed by atoms with van der Waals surface area (Å²) in [6.07, 6.45) is 2.27. The average molecular weight is 324 g/mol. The van der Waals surface area contributed by atoms with Gasteiger partial charge < -0.3 is 10.4 Å². The van der Waals surface area contributed by atoms with Crippen molar-refractivity contribution in [2.24, 2.45) is 0 Å². The van der Waals surface area contributed by atoms with E-state index < -0.39 is 12.1 Å². The predicted octanol–water partition coefficient (Wildman–Crippen LogP) is 3.23. The van der Waals surface area contributed by atoms with E-state index in [1.807, 2.05) is 24.3 Å². The molecule has 3 aromatic rings. The van der Waals surface area contributed by atoms with Crippen molar-refractivity contribution >= 4 is 16.7 Å². The molecular formula is C19H17FN2O2. The van der Waals surface area contributed by atoms with Gasteiger partial charge in [0.05, 0.1) is 17.7 Å². The Balaban J connectivity index is 1.79. The molecule has 1 aromatic heterocycles. The summed E-state index contributed by atoms with van der Waals surface area (Å²) in [6, 6.07) is 12.5. The molecule has 0 aliphatic rings. The number of carbonyl (C=O) groups is 1. The lowest BCUT2D eigenvalue weighted by Gasteiger charge is -2.21. The summed E-state index contributed by atoms with van der Waals surface area (Å²) in [5, 5.41) is 14.8. The first kappa shape index (κ1) is 16.1. The SMILES string of the molecule is CC(NC(=O)c1cncc2ccccc12)C(O)c1ccc(F)cc1. The summed E-state index contributed by atoms with van der Waals surface area (Å²) in [6.45, 7) is 1.70. The lowest BCUT2D eigenvalue weighted by molar-refractivity contribution is 0.0853. The van der Waals surface area contributed by atoms with Gasteiger partial charge >= 0.3 is 0 Å². The Morgan fingerprint density at radius 3 is 2.58 bits per heavy atom. The molecule has 0 aliphatic carbocycles. The molecule has 1 amide bonds. The second-order valence-corrected chi connectivity index (χ2v) is 5.67.